The van der Waals surface area contributed by atoms with Crippen LogP contribution in [0.25, 0.3) is 0 Å². The summed E-state index contributed by atoms with van der Waals surface area (Å²) >= 11 is 3.29. The second-order valence-electron chi connectivity index (χ2n) is 3.43. The normalized spacial score (nSPS) is 12.1. The van der Waals surface area contributed by atoms with Gasteiger partial charge in [0.15, 0.2) is 0 Å². The van der Waals surface area contributed by atoms with Crippen LogP contribution in [0.15, 0.2) is 22.7 Å². The zero-order valence-electron chi connectivity index (χ0n) is 9.53. The largest absolute Gasteiger partial charge is 0.399 e. The Bertz CT molecular complexity index is 437. The lowest BCUT2D eigenvalue weighted by atomic mass is 10.2. The van der Waals surface area contributed by atoms with Crippen LogP contribution in [0, 0.1) is 0 Å². The topological polar surface area (TPSA) is 72.2 Å². The summed E-state index contributed by atoms with van der Waals surface area (Å²) in [5.74, 6) is 0.873. The monoisotopic (exact) mass is 318 g/mol. The third kappa shape index (κ3) is 4.47. The van der Waals surface area contributed by atoms with Crippen LogP contribution in [-0.2, 0) is 10.8 Å². The van der Waals surface area contributed by atoms with Crippen LogP contribution in [0.5, 0.6) is 0 Å². The highest BCUT2D eigenvalue weighted by molar-refractivity contribution is 9.10. The maximum Gasteiger partial charge on any atom is 0.252 e. The summed E-state index contributed by atoms with van der Waals surface area (Å²) in [6, 6.07) is 5.05. The van der Waals surface area contributed by atoms with Gasteiger partial charge in [-0.25, -0.2) is 0 Å². The molecule has 1 aromatic carbocycles. The van der Waals surface area contributed by atoms with Gasteiger partial charge in [-0.2, -0.15) is 0 Å². The van der Waals surface area contributed by atoms with E-state index in [1.165, 1.54) is 0 Å². The summed E-state index contributed by atoms with van der Waals surface area (Å²) in [6.07, 6.45) is 0. The van der Waals surface area contributed by atoms with E-state index in [0.717, 1.165) is 0 Å². The molecular weight excluding hydrogens is 304 g/mol. The summed E-state index contributed by atoms with van der Waals surface area (Å²) in [4.78, 5) is 11.8. The minimum atomic E-state index is -0.861. The van der Waals surface area contributed by atoms with Crippen molar-refractivity contribution in [3.8, 4) is 0 Å². The molecule has 0 radical (unpaired) electrons. The Labute approximate surface area is 112 Å². The van der Waals surface area contributed by atoms with Crippen molar-refractivity contribution in [2.75, 3.05) is 23.8 Å². The van der Waals surface area contributed by atoms with Gasteiger partial charge in [0.2, 0.25) is 0 Å². The van der Waals surface area contributed by atoms with Gasteiger partial charge in [0.1, 0.15) is 0 Å². The molecular formula is C11H15BrN2O2S. The van der Waals surface area contributed by atoms with Crippen LogP contribution >= 0.6 is 15.9 Å². The molecule has 0 saturated carbocycles. The molecule has 0 spiro atoms. The molecule has 94 valence electrons. The molecule has 0 aliphatic carbocycles. The first-order valence-electron chi connectivity index (χ1n) is 5.22. The minimum Gasteiger partial charge on any atom is -0.399 e. The average molecular weight is 319 g/mol. The van der Waals surface area contributed by atoms with Crippen molar-refractivity contribution in [1.29, 1.82) is 0 Å². The molecule has 17 heavy (non-hydrogen) atoms. The van der Waals surface area contributed by atoms with E-state index in [4.69, 9.17) is 5.73 Å². The quantitative estimate of drug-likeness (QED) is 0.809. The number of nitrogens with one attached hydrogen (secondary N) is 1. The van der Waals surface area contributed by atoms with Gasteiger partial charge in [0, 0.05) is 39.0 Å². The lowest BCUT2D eigenvalue weighted by molar-refractivity contribution is 0.0955. The predicted octanol–water partition coefficient (Wildman–Crippen LogP) is 1.53. The Morgan fingerprint density at radius 3 is 2.88 bits per heavy atom. The van der Waals surface area contributed by atoms with E-state index in [0.29, 0.717) is 33.8 Å². The van der Waals surface area contributed by atoms with Gasteiger partial charge in [0.05, 0.1) is 5.56 Å². The fraction of sp³-hybridized carbons (Fsp3) is 0.364. The van der Waals surface area contributed by atoms with Gasteiger partial charge >= 0.3 is 0 Å². The number of hydrogen-bond acceptors (Lipinski definition) is 3. The zero-order chi connectivity index (χ0) is 12.8. The number of hydrogen-bond donors (Lipinski definition) is 2. The van der Waals surface area contributed by atoms with Crippen molar-refractivity contribution in [2.24, 2.45) is 0 Å². The number of benzene rings is 1. The number of nitrogen functional groups attached to an aromatic ring is 1. The molecule has 1 unspecified atom stereocenters. The molecule has 0 aliphatic rings. The third-order valence-electron chi connectivity index (χ3n) is 2.17. The molecule has 6 heteroatoms. The molecule has 0 aromatic heterocycles. The second kappa shape index (κ2) is 6.76. The summed E-state index contributed by atoms with van der Waals surface area (Å²) in [6.45, 7) is 2.26. The fourth-order valence-corrected chi connectivity index (χ4v) is 2.28. The molecule has 1 amide bonds. The van der Waals surface area contributed by atoms with Crippen molar-refractivity contribution < 1.29 is 9.00 Å². The number of carbonyl (C=O) groups excluding carboxylic acids is 1. The number of rotatable bonds is 5. The molecule has 3 N–H and O–H groups in total. The standard InChI is InChI=1S/C11H15BrN2O2S/c1-2-17(16)6-5-14-11(15)9-7-8(13)3-4-10(9)12/h3-4,7H,2,5-6,13H2,1H3,(H,14,15). The lowest BCUT2D eigenvalue weighted by Crippen LogP contribution is -2.28. The van der Waals surface area contributed by atoms with Crippen molar-refractivity contribution in [2.45, 2.75) is 6.92 Å². The summed E-state index contributed by atoms with van der Waals surface area (Å²) in [5, 5.41) is 2.71. The van der Waals surface area contributed by atoms with E-state index in [1.807, 2.05) is 6.92 Å². The first-order valence-corrected chi connectivity index (χ1v) is 7.51. The Balaban J connectivity index is 2.58. The summed E-state index contributed by atoms with van der Waals surface area (Å²) < 4.78 is 11.9. The van der Waals surface area contributed by atoms with Crippen molar-refractivity contribution in [1.82, 2.24) is 5.32 Å². The van der Waals surface area contributed by atoms with Gasteiger partial charge < -0.3 is 11.1 Å². The fourth-order valence-electron chi connectivity index (χ4n) is 1.23. The maximum absolute atomic E-state index is 11.8. The van der Waals surface area contributed by atoms with E-state index < -0.39 is 10.8 Å². The molecule has 0 heterocycles. The van der Waals surface area contributed by atoms with E-state index in [9.17, 15) is 9.00 Å². The predicted molar refractivity (Wildman–Crippen MR) is 74.4 cm³/mol. The first-order chi connectivity index (χ1) is 8.04. The SMILES string of the molecule is CCS(=O)CCNC(=O)c1cc(N)ccc1Br. The number of amides is 1. The van der Waals surface area contributed by atoms with Crippen molar-refractivity contribution in [3.63, 3.8) is 0 Å². The van der Waals surface area contributed by atoms with Gasteiger partial charge in [0.25, 0.3) is 5.91 Å². The molecule has 0 bridgehead atoms. The lowest BCUT2D eigenvalue weighted by Gasteiger charge is -2.07. The van der Waals surface area contributed by atoms with E-state index in [2.05, 4.69) is 21.2 Å². The summed E-state index contributed by atoms with van der Waals surface area (Å²) in [7, 11) is -0.861. The molecule has 0 fully saturated rings. The number of anilines is 1. The van der Waals surface area contributed by atoms with Gasteiger partial charge in [-0.1, -0.05) is 6.92 Å². The van der Waals surface area contributed by atoms with Crippen molar-refractivity contribution in [3.05, 3.63) is 28.2 Å². The number of carbonyl (C=O) groups is 1. The molecule has 1 atom stereocenters. The van der Waals surface area contributed by atoms with Gasteiger partial charge in [-0.05, 0) is 34.1 Å². The highest BCUT2D eigenvalue weighted by Gasteiger charge is 2.10. The Morgan fingerprint density at radius 1 is 1.53 bits per heavy atom. The Kier molecular flexibility index (Phi) is 5.64. The highest BCUT2D eigenvalue weighted by atomic mass is 79.9. The molecule has 0 aliphatic heterocycles. The van der Waals surface area contributed by atoms with Crippen LogP contribution in [0.2, 0.25) is 0 Å². The van der Waals surface area contributed by atoms with Crippen LogP contribution < -0.4 is 11.1 Å². The van der Waals surface area contributed by atoms with E-state index in [1.54, 1.807) is 18.2 Å². The van der Waals surface area contributed by atoms with E-state index >= 15 is 0 Å². The molecule has 1 aromatic rings. The maximum atomic E-state index is 11.8. The number of nitrogens with two attached hydrogens (primary N) is 1. The van der Waals surface area contributed by atoms with Gasteiger partial charge in [-0.15, -0.1) is 0 Å². The first kappa shape index (κ1) is 14.2. The molecule has 1 rings (SSSR count). The van der Waals surface area contributed by atoms with Gasteiger partial charge in [-0.3, -0.25) is 9.00 Å². The van der Waals surface area contributed by atoms with E-state index in [-0.39, 0.29) is 5.91 Å². The third-order valence-corrected chi connectivity index (χ3v) is 4.17. The molecule has 0 saturated heterocycles. The average Bonchev–Trinajstić information content (AvgIpc) is 2.31. The smallest absolute Gasteiger partial charge is 0.252 e. The highest BCUT2D eigenvalue weighted by Crippen LogP contribution is 2.19. The number of halogens is 1. The minimum absolute atomic E-state index is 0.211. The Hall–Kier alpha value is -0.880. The van der Waals surface area contributed by atoms with Crippen LogP contribution in [0.1, 0.15) is 17.3 Å². The zero-order valence-corrected chi connectivity index (χ0v) is 11.9. The van der Waals surface area contributed by atoms with Crippen molar-refractivity contribution >= 4 is 38.3 Å². The molecule has 4 nitrogen and oxygen atoms in total. The summed E-state index contributed by atoms with van der Waals surface area (Å²) in [5.41, 5.74) is 6.64. The van der Waals surface area contributed by atoms with Crippen LogP contribution in [-0.4, -0.2) is 28.2 Å². The second-order valence-corrected chi connectivity index (χ2v) is 6.15. The Morgan fingerprint density at radius 2 is 2.24 bits per heavy atom. The van der Waals surface area contributed by atoms with Crippen LogP contribution in [0.3, 0.4) is 0 Å². The van der Waals surface area contributed by atoms with Crippen LogP contribution in [0.4, 0.5) is 5.69 Å².